The van der Waals surface area contributed by atoms with Crippen molar-refractivity contribution in [3.8, 4) is 11.1 Å². The van der Waals surface area contributed by atoms with Crippen LogP contribution in [0.15, 0.2) is 84.9 Å². The van der Waals surface area contributed by atoms with Crippen LogP contribution in [0.25, 0.3) is 11.1 Å². The molecule has 0 aliphatic carbocycles. The van der Waals surface area contributed by atoms with Crippen molar-refractivity contribution in [2.24, 2.45) is 0 Å². The molecule has 0 radical (unpaired) electrons. The zero-order valence-electron chi connectivity index (χ0n) is 17.9. The maximum Gasteiger partial charge on any atom is 0.174 e. The van der Waals surface area contributed by atoms with Crippen molar-refractivity contribution in [3.05, 3.63) is 96.1 Å². The van der Waals surface area contributed by atoms with E-state index in [-0.39, 0.29) is 11.8 Å². The molecule has 0 aromatic heterocycles. The molecular weight excluding hydrogens is 354 g/mol. The average molecular weight is 386 g/mol. The lowest BCUT2D eigenvalue weighted by molar-refractivity contribution is 0.0839. The highest BCUT2D eigenvalue weighted by molar-refractivity contribution is 6.08. The van der Waals surface area contributed by atoms with Gasteiger partial charge in [-0.2, -0.15) is 0 Å². The molecular formula is C27H31NO. The van der Waals surface area contributed by atoms with Gasteiger partial charge < -0.3 is 4.90 Å². The maximum atomic E-state index is 14.2. The molecule has 3 aromatic carbocycles. The minimum atomic E-state index is -0.560. The van der Waals surface area contributed by atoms with E-state index in [1.807, 2.05) is 54.6 Å². The SMILES string of the molecule is CCC(C[C@H](C)N(C)C)(C(=O)c1ccccc1-c1ccccc1)c1ccccc1. The van der Waals surface area contributed by atoms with Gasteiger partial charge >= 0.3 is 0 Å². The van der Waals surface area contributed by atoms with Crippen LogP contribution >= 0.6 is 0 Å². The van der Waals surface area contributed by atoms with Crippen LogP contribution in [-0.2, 0) is 5.41 Å². The van der Waals surface area contributed by atoms with Crippen molar-refractivity contribution < 1.29 is 4.79 Å². The van der Waals surface area contributed by atoms with Gasteiger partial charge in [0.1, 0.15) is 0 Å². The van der Waals surface area contributed by atoms with E-state index in [9.17, 15) is 4.79 Å². The number of carbonyl (C=O) groups is 1. The van der Waals surface area contributed by atoms with Gasteiger partial charge in [0.2, 0.25) is 0 Å². The summed E-state index contributed by atoms with van der Waals surface area (Å²) in [6.07, 6.45) is 1.54. The van der Waals surface area contributed by atoms with Gasteiger partial charge in [-0.1, -0.05) is 91.9 Å². The second-order valence-corrected chi connectivity index (χ2v) is 8.06. The van der Waals surface area contributed by atoms with Gasteiger partial charge in [0.05, 0.1) is 5.41 Å². The Bertz CT molecular complexity index is 933. The van der Waals surface area contributed by atoms with E-state index in [1.165, 1.54) is 0 Å². The lowest BCUT2D eigenvalue weighted by atomic mass is 9.68. The molecule has 0 amide bonds. The quantitative estimate of drug-likeness (QED) is 0.429. The van der Waals surface area contributed by atoms with Gasteiger partial charge in [0.15, 0.2) is 5.78 Å². The minimum absolute atomic E-state index is 0.208. The largest absolute Gasteiger partial charge is 0.307 e. The van der Waals surface area contributed by atoms with E-state index < -0.39 is 5.41 Å². The third-order valence-electron chi connectivity index (χ3n) is 6.15. The number of Topliss-reactive ketones (excluding diaryl/α,β-unsaturated/α-hetero) is 1. The van der Waals surface area contributed by atoms with E-state index in [1.54, 1.807) is 0 Å². The summed E-state index contributed by atoms with van der Waals surface area (Å²) in [5.41, 5.74) is 3.43. The summed E-state index contributed by atoms with van der Waals surface area (Å²) in [4.78, 5) is 16.4. The van der Waals surface area contributed by atoms with Gasteiger partial charge in [0, 0.05) is 11.6 Å². The first-order chi connectivity index (χ1) is 14.0. The molecule has 0 heterocycles. The maximum absolute atomic E-state index is 14.2. The molecule has 2 atom stereocenters. The molecule has 150 valence electrons. The Labute approximate surface area is 175 Å². The van der Waals surface area contributed by atoms with Crippen LogP contribution in [0, 0.1) is 0 Å². The van der Waals surface area contributed by atoms with Crippen molar-refractivity contribution >= 4 is 5.78 Å². The van der Waals surface area contributed by atoms with E-state index in [0.717, 1.165) is 35.1 Å². The standard InChI is InChI=1S/C27H31NO/c1-5-27(20-21(2)28(3)4,23-16-10-7-11-17-23)26(29)25-19-13-12-18-24(25)22-14-8-6-9-15-22/h6-19,21H,5,20H2,1-4H3/t21-,27?/m0/s1. The Morgan fingerprint density at radius 2 is 1.41 bits per heavy atom. The van der Waals surface area contributed by atoms with Crippen molar-refractivity contribution in [2.45, 2.75) is 38.1 Å². The van der Waals surface area contributed by atoms with E-state index in [4.69, 9.17) is 0 Å². The Morgan fingerprint density at radius 3 is 2.00 bits per heavy atom. The molecule has 0 saturated carbocycles. The first kappa shape index (κ1) is 21.0. The molecule has 3 rings (SSSR count). The molecule has 0 spiro atoms. The Balaban J connectivity index is 2.16. The molecule has 0 saturated heterocycles. The summed E-state index contributed by atoms with van der Waals surface area (Å²) in [6, 6.07) is 28.8. The lowest BCUT2D eigenvalue weighted by Gasteiger charge is -2.37. The summed E-state index contributed by atoms with van der Waals surface area (Å²) in [7, 11) is 4.16. The van der Waals surface area contributed by atoms with Crippen molar-refractivity contribution in [1.29, 1.82) is 0 Å². The molecule has 2 heteroatoms. The monoisotopic (exact) mass is 385 g/mol. The normalized spacial score (nSPS) is 14.4. The Hall–Kier alpha value is -2.71. The average Bonchev–Trinajstić information content (AvgIpc) is 2.78. The summed E-state index contributed by atoms with van der Waals surface area (Å²) < 4.78 is 0. The second kappa shape index (κ2) is 9.19. The Kier molecular flexibility index (Phi) is 6.66. The van der Waals surface area contributed by atoms with Crippen molar-refractivity contribution in [2.75, 3.05) is 14.1 Å². The van der Waals surface area contributed by atoms with Gasteiger partial charge in [-0.3, -0.25) is 4.79 Å². The van der Waals surface area contributed by atoms with Crippen LogP contribution < -0.4 is 0 Å². The molecule has 29 heavy (non-hydrogen) atoms. The van der Waals surface area contributed by atoms with Gasteiger partial charge in [0.25, 0.3) is 0 Å². The first-order valence-electron chi connectivity index (χ1n) is 10.4. The first-order valence-corrected chi connectivity index (χ1v) is 10.4. The fourth-order valence-corrected chi connectivity index (χ4v) is 4.10. The predicted octanol–water partition coefficient (Wildman–Crippen LogP) is 6.22. The van der Waals surface area contributed by atoms with Crippen LogP contribution in [0.1, 0.15) is 42.6 Å². The van der Waals surface area contributed by atoms with Crippen LogP contribution in [0.5, 0.6) is 0 Å². The summed E-state index contributed by atoms with van der Waals surface area (Å²) in [5.74, 6) is 0.208. The number of hydrogen-bond acceptors (Lipinski definition) is 2. The zero-order chi connectivity index (χ0) is 20.9. The molecule has 1 unspecified atom stereocenters. The summed E-state index contributed by atoms with van der Waals surface area (Å²) >= 11 is 0. The molecule has 3 aromatic rings. The fourth-order valence-electron chi connectivity index (χ4n) is 4.10. The fraction of sp³-hybridized carbons (Fsp3) is 0.296. The number of rotatable bonds is 8. The van der Waals surface area contributed by atoms with Gasteiger partial charge in [-0.25, -0.2) is 0 Å². The molecule has 0 aliphatic heterocycles. The molecule has 0 fully saturated rings. The number of nitrogens with zero attached hydrogens (tertiary/aromatic N) is 1. The molecule has 0 N–H and O–H groups in total. The number of ketones is 1. The smallest absolute Gasteiger partial charge is 0.174 e. The van der Waals surface area contributed by atoms with Gasteiger partial charge in [-0.05, 0) is 50.6 Å². The third kappa shape index (κ3) is 4.33. The zero-order valence-corrected chi connectivity index (χ0v) is 17.9. The van der Waals surface area contributed by atoms with Crippen molar-refractivity contribution in [1.82, 2.24) is 4.90 Å². The van der Waals surface area contributed by atoms with Gasteiger partial charge in [-0.15, -0.1) is 0 Å². The summed E-state index contributed by atoms with van der Waals surface area (Å²) in [5, 5.41) is 0. The van der Waals surface area contributed by atoms with Crippen LogP contribution in [0.3, 0.4) is 0 Å². The van der Waals surface area contributed by atoms with E-state index in [0.29, 0.717) is 0 Å². The van der Waals surface area contributed by atoms with Crippen LogP contribution in [0.4, 0.5) is 0 Å². The number of hydrogen-bond donors (Lipinski definition) is 0. The second-order valence-electron chi connectivity index (χ2n) is 8.06. The number of benzene rings is 3. The minimum Gasteiger partial charge on any atom is -0.307 e. The highest BCUT2D eigenvalue weighted by Crippen LogP contribution is 2.39. The molecule has 0 bridgehead atoms. The predicted molar refractivity (Wildman–Crippen MR) is 122 cm³/mol. The lowest BCUT2D eigenvalue weighted by Crippen LogP contribution is -2.42. The van der Waals surface area contributed by atoms with Crippen LogP contribution in [0.2, 0.25) is 0 Å². The molecule has 0 aliphatic rings. The number of carbonyl (C=O) groups excluding carboxylic acids is 1. The van der Waals surface area contributed by atoms with Crippen LogP contribution in [-0.4, -0.2) is 30.8 Å². The van der Waals surface area contributed by atoms with Crippen molar-refractivity contribution in [3.63, 3.8) is 0 Å². The highest BCUT2D eigenvalue weighted by atomic mass is 16.1. The third-order valence-corrected chi connectivity index (χ3v) is 6.15. The topological polar surface area (TPSA) is 20.3 Å². The van der Waals surface area contributed by atoms with E-state index in [2.05, 4.69) is 63.2 Å². The highest BCUT2D eigenvalue weighted by Gasteiger charge is 2.41. The molecule has 2 nitrogen and oxygen atoms in total. The summed E-state index contributed by atoms with van der Waals surface area (Å²) in [6.45, 7) is 4.34. The van der Waals surface area contributed by atoms with E-state index >= 15 is 0 Å². The Morgan fingerprint density at radius 1 is 0.862 bits per heavy atom.